The first-order chi connectivity index (χ1) is 8.54. The van der Waals surface area contributed by atoms with Gasteiger partial charge < -0.3 is 5.11 Å². The third-order valence-electron chi connectivity index (χ3n) is 2.65. The molecule has 0 aliphatic carbocycles. The normalized spacial score (nSPS) is 12.7. The van der Waals surface area contributed by atoms with Crippen LogP contribution in [0.3, 0.4) is 0 Å². The summed E-state index contributed by atoms with van der Waals surface area (Å²) in [6.45, 7) is 2.54. The lowest BCUT2D eigenvalue weighted by molar-refractivity contribution is 0.208. The number of benzene rings is 1. The van der Waals surface area contributed by atoms with Crippen LogP contribution in [0.4, 0.5) is 0 Å². The van der Waals surface area contributed by atoms with E-state index < -0.39 is 6.10 Å². The minimum absolute atomic E-state index is 0.398. The lowest BCUT2D eigenvalue weighted by atomic mass is 10.1. The van der Waals surface area contributed by atoms with Crippen LogP contribution in [0, 0.1) is 0 Å². The molecule has 0 amide bonds. The molecule has 0 aliphatic rings. The standard InChI is InChI=1S/C12H11Cl3N2O/c1-2-17-11(10(15)6-16-17)12(18)8-4-3-7(13)5-9(8)14/h3-6,12,18H,2H2,1H3. The lowest BCUT2D eigenvalue weighted by Gasteiger charge is -2.15. The maximum Gasteiger partial charge on any atom is 0.124 e. The number of aliphatic hydroxyl groups is 1. The predicted octanol–water partition coefficient (Wildman–Crippen LogP) is 3.94. The summed E-state index contributed by atoms with van der Waals surface area (Å²) < 4.78 is 1.64. The van der Waals surface area contributed by atoms with E-state index in [-0.39, 0.29) is 0 Å². The second-order valence-corrected chi connectivity index (χ2v) is 5.01. The van der Waals surface area contributed by atoms with Crippen LogP contribution in [0.1, 0.15) is 24.3 Å². The number of rotatable bonds is 3. The van der Waals surface area contributed by atoms with E-state index in [1.165, 1.54) is 6.20 Å². The summed E-state index contributed by atoms with van der Waals surface area (Å²) >= 11 is 17.9. The van der Waals surface area contributed by atoms with Crippen molar-refractivity contribution in [1.29, 1.82) is 0 Å². The molecule has 6 heteroatoms. The maximum absolute atomic E-state index is 10.4. The fourth-order valence-corrected chi connectivity index (χ4v) is 2.52. The van der Waals surface area contributed by atoms with E-state index >= 15 is 0 Å². The quantitative estimate of drug-likeness (QED) is 0.932. The number of aryl methyl sites for hydroxylation is 1. The molecule has 0 aliphatic heterocycles. The Kier molecular flexibility index (Phi) is 4.17. The highest BCUT2D eigenvalue weighted by atomic mass is 35.5. The van der Waals surface area contributed by atoms with E-state index in [4.69, 9.17) is 34.8 Å². The summed E-state index contributed by atoms with van der Waals surface area (Å²) in [6, 6.07) is 4.94. The van der Waals surface area contributed by atoms with Gasteiger partial charge in [0.1, 0.15) is 6.10 Å². The van der Waals surface area contributed by atoms with Crippen molar-refractivity contribution in [1.82, 2.24) is 9.78 Å². The number of nitrogens with zero attached hydrogens (tertiary/aromatic N) is 2. The van der Waals surface area contributed by atoms with Gasteiger partial charge in [0.15, 0.2) is 0 Å². The third kappa shape index (κ3) is 2.50. The van der Waals surface area contributed by atoms with Crippen LogP contribution in [0.2, 0.25) is 15.1 Å². The Labute approximate surface area is 120 Å². The second kappa shape index (κ2) is 5.49. The molecular formula is C12H11Cl3N2O. The average Bonchev–Trinajstić information content (AvgIpc) is 2.69. The van der Waals surface area contributed by atoms with Crippen molar-refractivity contribution in [3.05, 3.63) is 50.7 Å². The van der Waals surface area contributed by atoms with Crippen molar-refractivity contribution < 1.29 is 5.11 Å². The fraction of sp³-hybridized carbons (Fsp3) is 0.250. The topological polar surface area (TPSA) is 38.0 Å². The molecule has 96 valence electrons. The molecule has 2 aromatic rings. The lowest BCUT2D eigenvalue weighted by Crippen LogP contribution is -2.10. The zero-order valence-corrected chi connectivity index (χ0v) is 11.8. The van der Waals surface area contributed by atoms with Crippen molar-refractivity contribution in [2.75, 3.05) is 0 Å². The maximum atomic E-state index is 10.4. The molecule has 1 atom stereocenters. The predicted molar refractivity (Wildman–Crippen MR) is 73.4 cm³/mol. The first kappa shape index (κ1) is 13.7. The van der Waals surface area contributed by atoms with Crippen molar-refractivity contribution in [3.8, 4) is 0 Å². The van der Waals surface area contributed by atoms with Crippen LogP contribution < -0.4 is 0 Å². The Bertz CT molecular complexity index is 568. The SMILES string of the molecule is CCn1ncc(Cl)c1C(O)c1ccc(Cl)cc1Cl. The van der Waals surface area contributed by atoms with Gasteiger partial charge in [-0.05, 0) is 19.1 Å². The minimum atomic E-state index is -0.926. The summed E-state index contributed by atoms with van der Waals surface area (Å²) in [6.07, 6.45) is 0.581. The van der Waals surface area contributed by atoms with Crippen LogP contribution in [-0.2, 0) is 6.54 Å². The van der Waals surface area contributed by atoms with Gasteiger partial charge in [-0.1, -0.05) is 40.9 Å². The highest BCUT2D eigenvalue weighted by Gasteiger charge is 2.21. The Morgan fingerprint density at radius 1 is 1.28 bits per heavy atom. The summed E-state index contributed by atoms with van der Waals surface area (Å²) in [4.78, 5) is 0. The monoisotopic (exact) mass is 304 g/mol. The highest BCUT2D eigenvalue weighted by Crippen LogP contribution is 2.33. The zero-order valence-electron chi connectivity index (χ0n) is 9.57. The molecule has 1 N–H and O–H groups in total. The Balaban J connectivity index is 2.47. The van der Waals surface area contributed by atoms with Crippen molar-refractivity contribution in [2.45, 2.75) is 19.6 Å². The van der Waals surface area contributed by atoms with Gasteiger partial charge in [-0.2, -0.15) is 5.10 Å². The minimum Gasteiger partial charge on any atom is -0.382 e. The Morgan fingerprint density at radius 3 is 2.61 bits per heavy atom. The first-order valence-electron chi connectivity index (χ1n) is 5.38. The van der Waals surface area contributed by atoms with Gasteiger partial charge in [0.05, 0.1) is 16.9 Å². The molecule has 18 heavy (non-hydrogen) atoms. The molecular weight excluding hydrogens is 295 g/mol. The molecule has 1 heterocycles. The van der Waals surface area contributed by atoms with Gasteiger partial charge in [-0.3, -0.25) is 4.68 Å². The van der Waals surface area contributed by atoms with Gasteiger partial charge in [0.2, 0.25) is 0 Å². The summed E-state index contributed by atoms with van der Waals surface area (Å²) in [5, 5.41) is 15.8. The molecule has 2 rings (SSSR count). The van der Waals surface area contributed by atoms with Crippen LogP contribution in [0.5, 0.6) is 0 Å². The van der Waals surface area contributed by atoms with E-state index in [2.05, 4.69) is 5.10 Å². The molecule has 0 radical (unpaired) electrons. The summed E-state index contributed by atoms with van der Waals surface area (Å²) in [7, 11) is 0. The van der Waals surface area contributed by atoms with E-state index in [1.54, 1.807) is 22.9 Å². The highest BCUT2D eigenvalue weighted by molar-refractivity contribution is 6.35. The zero-order chi connectivity index (χ0) is 13.3. The Hall–Kier alpha value is -0.740. The molecule has 1 aromatic heterocycles. The Morgan fingerprint density at radius 2 is 2.00 bits per heavy atom. The smallest absolute Gasteiger partial charge is 0.124 e. The fourth-order valence-electron chi connectivity index (χ4n) is 1.77. The van der Waals surface area contributed by atoms with Gasteiger partial charge in [-0.25, -0.2) is 0 Å². The summed E-state index contributed by atoms with van der Waals surface area (Å²) in [5.41, 5.74) is 1.08. The van der Waals surface area contributed by atoms with Gasteiger partial charge >= 0.3 is 0 Å². The molecule has 1 unspecified atom stereocenters. The molecule has 0 saturated heterocycles. The van der Waals surface area contributed by atoms with Crippen molar-refractivity contribution in [2.24, 2.45) is 0 Å². The number of hydrogen-bond donors (Lipinski definition) is 1. The number of aromatic nitrogens is 2. The molecule has 0 bridgehead atoms. The molecule has 3 nitrogen and oxygen atoms in total. The van der Waals surface area contributed by atoms with Gasteiger partial charge in [-0.15, -0.1) is 0 Å². The molecule has 0 spiro atoms. The number of halogens is 3. The van der Waals surface area contributed by atoms with E-state index in [9.17, 15) is 5.11 Å². The molecule has 0 fully saturated rings. The van der Waals surface area contributed by atoms with Gasteiger partial charge in [0.25, 0.3) is 0 Å². The second-order valence-electron chi connectivity index (χ2n) is 3.76. The molecule has 0 saturated carbocycles. The van der Waals surface area contributed by atoms with Crippen LogP contribution in [-0.4, -0.2) is 14.9 Å². The van der Waals surface area contributed by atoms with E-state index in [0.29, 0.717) is 32.9 Å². The first-order valence-corrected chi connectivity index (χ1v) is 6.52. The van der Waals surface area contributed by atoms with Crippen LogP contribution in [0.15, 0.2) is 24.4 Å². The van der Waals surface area contributed by atoms with E-state index in [0.717, 1.165) is 0 Å². The molecule has 1 aromatic carbocycles. The largest absolute Gasteiger partial charge is 0.382 e. The number of aliphatic hydroxyl groups excluding tert-OH is 1. The van der Waals surface area contributed by atoms with E-state index in [1.807, 2.05) is 6.92 Å². The summed E-state index contributed by atoms with van der Waals surface area (Å²) in [5.74, 6) is 0. The average molecular weight is 306 g/mol. The van der Waals surface area contributed by atoms with Crippen molar-refractivity contribution >= 4 is 34.8 Å². The van der Waals surface area contributed by atoms with Crippen LogP contribution >= 0.6 is 34.8 Å². The van der Waals surface area contributed by atoms with Crippen molar-refractivity contribution in [3.63, 3.8) is 0 Å². The number of hydrogen-bond acceptors (Lipinski definition) is 2. The van der Waals surface area contributed by atoms with Crippen LogP contribution in [0.25, 0.3) is 0 Å². The third-order valence-corrected chi connectivity index (χ3v) is 3.50. The van der Waals surface area contributed by atoms with Gasteiger partial charge in [0, 0.05) is 22.2 Å².